The lowest BCUT2D eigenvalue weighted by atomic mass is 9.92. The monoisotopic (exact) mass is 624 g/mol. The van der Waals surface area contributed by atoms with Crippen molar-refractivity contribution in [2.45, 2.75) is 79.1 Å². The van der Waals surface area contributed by atoms with E-state index in [9.17, 15) is 5.11 Å². The zero-order valence-electron chi connectivity index (χ0n) is 28.6. The number of hydrogen-bond donors (Lipinski definition) is 1. The molecule has 0 unspecified atom stereocenters. The summed E-state index contributed by atoms with van der Waals surface area (Å²) in [7, 11) is 0. The van der Waals surface area contributed by atoms with Crippen LogP contribution in [-0.2, 0) is 0 Å². The largest absolute Gasteiger partial charge is 0.507 e. The summed E-state index contributed by atoms with van der Waals surface area (Å²) in [5.74, 6) is 2.69. The van der Waals surface area contributed by atoms with Crippen molar-refractivity contribution in [2.24, 2.45) is 0 Å². The second-order valence-corrected chi connectivity index (χ2v) is 13.4. The highest BCUT2D eigenvalue weighted by Gasteiger charge is 2.24. The highest BCUT2D eigenvalue weighted by atomic mass is 16.3. The number of pyridine rings is 1. The van der Waals surface area contributed by atoms with E-state index < -0.39 is 0 Å². The van der Waals surface area contributed by atoms with Gasteiger partial charge in [-0.2, -0.15) is 5.10 Å². The fourth-order valence-corrected chi connectivity index (χ4v) is 6.35. The number of aromatic hydroxyl groups is 1. The maximum absolute atomic E-state index is 11.0. The third-order valence-electron chi connectivity index (χ3n) is 8.78. The second-order valence-electron chi connectivity index (χ2n) is 13.4. The van der Waals surface area contributed by atoms with Crippen molar-refractivity contribution in [1.29, 1.82) is 0 Å². The minimum absolute atomic E-state index is 0.179. The van der Waals surface area contributed by atoms with Crippen LogP contribution in [0.3, 0.4) is 0 Å². The van der Waals surface area contributed by atoms with E-state index in [0.29, 0.717) is 46.1 Å². The molecule has 6 rings (SSSR count). The van der Waals surface area contributed by atoms with Gasteiger partial charge in [-0.1, -0.05) is 110 Å². The van der Waals surface area contributed by atoms with Gasteiger partial charge in [0, 0.05) is 6.20 Å². The summed E-state index contributed by atoms with van der Waals surface area (Å²) in [5.41, 5.74) is 9.81. The van der Waals surface area contributed by atoms with Crippen LogP contribution < -0.4 is 0 Å². The molecule has 7 heteroatoms. The Morgan fingerprint density at radius 2 is 1.06 bits per heavy atom. The molecule has 0 atom stereocenters. The molecule has 3 aromatic carbocycles. The van der Waals surface area contributed by atoms with E-state index in [1.54, 1.807) is 12.4 Å². The summed E-state index contributed by atoms with van der Waals surface area (Å²) < 4.78 is 4.08. The number of imidazole rings is 1. The van der Waals surface area contributed by atoms with E-state index in [1.807, 2.05) is 41.1 Å². The fraction of sp³-hybridized carbons (Fsp3) is 0.300. The van der Waals surface area contributed by atoms with E-state index in [2.05, 4.69) is 103 Å². The van der Waals surface area contributed by atoms with Gasteiger partial charge in [0.2, 0.25) is 0 Å². The van der Waals surface area contributed by atoms with Crippen molar-refractivity contribution in [1.82, 2.24) is 29.3 Å². The van der Waals surface area contributed by atoms with Gasteiger partial charge in [-0.15, -0.1) is 0 Å². The van der Waals surface area contributed by atoms with Gasteiger partial charge in [0.1, 0.15) is 29.3 Å². The highest BCUT2D eigenvalue weighted by Crippen LogP contribution is 2.38. The van der Waals surface area contributed by atoms with E-state index >= 15 is 0 Å². The van der Waals surface area contributed by atoms with Crippen LogP contribution in [0.15, 0.2) is 91.4 Å². The van der Waals surface area contributed by atoms with E-state index in [0.717, 1.165) is 11.4 Å². The molecule has 0 aliphatic heterocycles. The molecule has 0 amide bonds. The molecule has 3 aromatic heterocycles. The van der Waals surface area contributed by atoms with Crippen LogP contribution in [0.2, 0.25) is 0 Å². The van der Waals surface area contributed by atoms with Crippen molar-refractivity contribution in [3.05, 3.63) is 114 Å². The lowest BCUT2D eigenvalue weighted by molar-refractivity contribution is 0.477. The number of aromatic nitrogens is 6. The minimum Gasteiger partial charge on any atom is -0.507 e. The summed E-state index contributed by atoms with van der Waals surface area (Å²) in [4.78, 5) is 15.0. The standard InChI is InChI=1S/C40H44N6O/c1-24(2)28-15-11-16-29(25(3)4)37(28)45-22-35(44-39(45)32-14-9-10-21-36(32)47)33-19-13-20-34(43-33)40-41-23-42-46(40)38-30(26(5)6)17-12-18-31(38)27(7)8/h9-27,47H,1-8H3. The molecule has 3 heterocycles. The van der Waals surface area contributed by atoms with Crippen LogP contribution in [0.5, 0.6) is 5.75 Å². The summed E-state index contributed by atoms with van der Waals surface area (Å²) in [5, 5.41) is 15.7. The third-order valence-corrected chi connectivity index (χ3v) is 8.78. The quantitative estimate of drug-likeness (QED) is 0.173. The highest BCUT2D eigenvalue weighted by molar-refractivity contribution is 5.72. The molecular weight excluding hydrogens is 580 g/mol. The number of phenols is 1. The summed E-state index contributed by atoms with van der Waals surface area (Å²) >= 11 is 0. The summed E-state index contributed by atoms with van der Waals surface area (Å²) in [6.07, 6.45) is 3.66. The summed E-state index contributed by atoms with van der Waals surface area (Å²) in [6.45, 7) is 17.7. The van der Waals surface area contributed by atoms with E-state index in [4.69, 9.17) is 20.1 Å². The van der Waals surface area contributed by atoms with Gasteiger partial charge in [0.15, 0.2) is 5.82 Å². The van der Waals surface area contributed by atoms with Crippen molar-refractivity contribution >= 4 is 0 Å². The predicted octanol–water partition coefficient (Wildman–Crippen LogP) is 10.0. The van der Waals surface area contributed by atoms with Gasteiger partial charge in [0.25, 0.3) is 0 Å². The van der Waals surface area contributed by atoms with Gasteiger partial charge in [-0.25, -0.2) is 19.6 Å². The molecule has 0 aliphatic carbocycles. The third kappa shape index (κ3) is 5.98. The van der Waals surface area contributed by atoms with Crippen LogP contribution in [-0.4, -0.2) is 34.4 Å². The topological polar surface area (TPSA) is 81.7 Å². The minimum atomic E-state index is 0.179. The number of benzene rings is 3. The lowest BCUT2D eigenvalue weighted by Gasteiger charge is -2.22. The van der Waals surface area contributed by atoms with Gasteiger partial charge in [-0.05, 0) is 70.2 Å². The molecule has 0 saturated carbocycles. The Morgan fingerprint density at radius 3 is 1.64 bits per heavy atom. The Bertz CT molecular complexity index is 1980. The molecule has 47 heavy (non-hydrogen) atoms. The smallest absolute Gasteiger partial charge is 0.181 e. The Morgan fingerprint density at radius 1 is 0.532 bits per heavy atom. The first-order chi connectivity index (χ1) is 22.6. The zero-order valence-corrected chi connectivity index (χ0v) is 28.6. The molecule has 7 nitrogen and oxygen atoms in total. The molecule has 0 radical (unpaired) electrons. The first kappa shape index (κ1) is 31.9. The second kappa shape index (κ2) is 13.0. The van der Waals surface area contributed by atoms with Gasteiger partial charge < -0.3 is 5.11 Å². The Balaban J connectivity index is 1.55. The lowest BCUT2D eigenvalue weighted by Crippen LogP contribution is -2.10. The molecule has 0 saturated heterocycles. The normalized spacial score (nSPS) is 11.8. The zero-order chi connectivity index (χ0) is 33.4. The van der Waals surface area contributed by atoms with Crippen molar-refractivity contribution in [2.75, 3.05) is 0 Å². The summed E-state index contributed by atoms with van der Waals surface area (Å²) in [6, 6.07) is 26.3. The Labute approximate surface area is 278 Å². The first-order valence-electron chi connectivity index (χ1n) is 16.6. The van der Waals surface area contributed by atoms with Crippen LogP contribution in [0.1, 0.15) is 101 Å². The molecule has 0 fully saturated rings. The maximum atomic E-state index is 11.0. The van der Waals surface area contributed by atoms with Crippen LogP contribution in [0, 0.1) is 0 Å². The molecule has 0 spiro atoms. The molecule has 0 bridgehead atoms. The SMILES string of the molecule is CC(C)c1cccc(C(C)C)c1-n1cc(-c2cccc(-c3ncnn3-c3c(C(C)C)cccc3C(C)C)n2)nc1-c1ccccc1O. The van der Waals surface area contributed by atoms with Crippen LogP contribution in [0.4, 0.5) is 0 Å². The Kier molecular flexibility index (Phi) is 8.82. The van der Waals surface area contributed by atoms with E-state index in [1.165, 1.54) is 22.3 Å². The molecule has 240 valence electrons. The molecule has 1 N–H and O–H groups in total. The van der Waals surface area contributed by atoms with Crippen LogP contribution in [0.25, 0.3) is 45.7 Å². The Hall–Kier alpha value is -5.04. The fourth-order valence-electron chi connectivity index (χ4n) is 6.35. The van der Waals surface area contributed by atoms with Crippen molar-refractivity contribution in [3.8, 4) is 51.4 Å². The number of nitrogens with zero attached hydrogens (tertiary/aromatic N) is 6. The van der Waals surface area contributed by atoms with Crippen LogP contribution >= 0.6 is 0 Å². The number of hydrogen-bond acceptors (Lipinski definition) is 5. The molecular formula is C40H44N6O. The van der Waals surface area contributed by atoms with Gasteiger partial charge >= 0.3 is 0 Å². The van der Waals surface area contributed by atoms with Gasteiger partial charge in [-0.3, -0.25) is 4.57 Å². The number of rotatable bonds is 9. The number of para-hydroxylation sites is 3. The predicted molar refractivity (Wildman–Crippen MR) is 191 cm³/mol. The average Bonchev–Trinajstić information content (AvgIpc) is 3.72. The average molecular weight is 625 g/mol. The molecule has 0 aliphatic rings. The number of phenolic OH excluding ortho intramolecular Hbond substituents is 1. The molecule has 6 aromatic rings. The van der Waals surface area contributed by atoms with E-state index in [-0.39, 0.29) is 17.6 Å². The van der Waals surface area contributed by atoms with Crippen molar-refractivity contribution < 1.29 is 5.11 Å². The van der Waals surface area contributed by atoms with Crippen molar-refractivity contribution in [3.63, 3.8) is 0 Å². The van der Waals surface area contributed by atoms with Gasteiger partial charge in [0.05, 0.1) is 22.6 Å². The first-order valence-corrected chi connectivity index (χ1v) is 16.6. The maximum Gasteiger partial charge on any atom is 0.181 e.